The van der Waals surface area contributed by atoms with Crippen molar-refractivity contribution < 1.29 is 9.22 Å². The van der Waals surface area contributed by atoms with Crippen molar-refractivity contribution in [2.45, 2.75) is 11.8 Å². The molecule has 0 amide bonds. The molecule has 0 aliphatic carbocycles. The summed E-state index contributed by atoms with van der Waals surface area (Å²) in [5.41, 5.74) is 1.22. The SMILES string of the molecule is COOSc1cccc(C)c1. The lowest BCUT2D eigenvalue weighted by molar-refractivity contribution is -0.160. The van der Waals surface area contributed by atoms with Crippen molar-refractivity contribution in [2.24, 2.45) is 0 Å². The van der Waals surface area contributed by atoms with Crippen LogP contribution in [-0.2, 0) is 9.22 Å². The number of aryl methyl sites for hydroxylation is 1. The van der Waals surface area contributed by atoms with E-state index < -0.39 is 0 Å². The molecule has 60 valence electrons. The maximum Gasteiger partial charge on any atom is 0.0725 e. The molecule has 0 N–H and O–H groups in total. The Morgan fingerprint density at radius 1 is 1.36 bits per heavy atom. The van der Waals surface area contributed by atoms with Crippen LogP contribution in [0.2, 0.25) is 0 Å². The summed E-state index contributed by atoms with van der Waals surface area (Å²) in [5, 5.41) is 0. The zero-order valence-electron chi connectivity index (χ0n) is 6.53. The van der Waals surface area contributed by atoms with Crippen LogP contribution < -0.4 is 0 Å². The molecule has 0 spiro atoms. The Balaban J connectivity index is 2.56. The van der Waals surface area contributed by atoms with Gasteiger partial charge in [-0.1, -0.05) is 12.1 Å². The molecule has 0 unspecified atom stereocenters. The molecule has 0 aliphatic heterocycles. The third-order valence-electron chi connectivity index (χ3n) is 1.19. The lowest BCUT2D eigenvalue weighted by atomic mass is 10.2. The molecule has 0 bridgehead atoms. The van der Waals surface area contributed by atoms with E-state index in [1.54, 1.807) is 0 Å². The fraction of sp³-hybridized carbons (Fsp3) is 0.250. The topological polar surface area (TPSA) is 18.5 Å². The molecule has 3 heteroatoms. The van der Waals surface area contributed by atoms with E-state index in [4.69, 9.17) is 4.33 Å². The van der Waals surface area contributed by atoms with Gasteiger partial charge < -0.3 is 0 Å². The summed E-state index contributed by atoms with van der Waals surface area (Å²) in [5.74, 6) is 0. The Hall–Kier alpha value is -0.510. The fourth-order valence-corrected chi connectivity index (χ4v) is 1.26. The molecule has 0 saturated heterocycles. The summed E-state index contributed by atoms with van der Waals surface area (Å²) in [4.78, 5) is 5.50. The Labute approximate surface area is 70.6 Å². The van der Waals surface area contributed by atoms with E-state index in [1.807, 2.05) is 31.2 Å². The second-order valence-corrected chi connectivity index (χ2v) is 2.91. The lowest BCUT2D eigenvalue weighted by Crippen LogP contribution is -1.78. The number of hydrogen-bond acceptors (Lipinski definition) is 3. The van der Waals surface area contributed by atoms with Crippen LogP contribution in [0.5, 0.6) is 0 Å². The van der Waals surface area contributed by atoms with Crippen LogP contribution in [0.1, 0.15) is 5.56 Å². The highest BCUT2D eigenvalue weighted by atomic mass is 32.2. The first-order valence-corrected chi connectivity index (χ1v) is 4.01. The fourth-order valence-electron chi connectivity index (χ4n) is 0.740. The van der Waals surface area contributed by atoms with Gasteiger partial charge >= 0.3 is 0 Å². The number of hydrogen-bond donors (Lipinski definition) is 0. The first kappa shape index (κ1) is 8.59. The van der Waals surface area contributed by atoms with Crippen molar-refractivity contribution in [3.05, 3.63) is 29.8 Å². The minimum Gasteiger partial charge on any atom is -0.227 e. The Bertz CT molecular complexity index is 225. The van der Waals surface area contributed by atoms with E-state index in [0.29, 0.717) is 0 Å². The van der Waals surface area contributed by atoms with Gasteiger partial charge in [0.05, 0.1) is 19.2 Å². The second kappa shape index (κ2) is 4.38. The van der Waals surface area contributed by atoms with Crippen molar-refractivity contribution in [1.29, 1.82) is 0 Å². The number of rotatable bonds is 3. The maximum absolute atomic E-state index is 4.69. The first-order chi connectivity index (χ1) is 5.33. The smallest absolute Gasteiger partial charge is 0.0725 e. The summed E-state index contributed by atoms with van der Waals surface area (Å²) in [6.45, 7) is 2.04. The van der Waals surface area contributed by atoms with Crippen molar-refractivity contribution in [2.75, 3.05) is 7.11 Å². The lowest BCUT2D eigenvalue weighted by Gasteiger charge is -1.98. The highest BCUT2D eigenvalue weighted by molar-refractivity contribution is 7.94. The first-order valence-electron chi connectivity index (χ1n) is 3.27. The van der Waals surface area contributed by atoms with Crippen LogP contribution in [0.3, 0.4) is 0 Å². The Kier molecular flexibility index (Phi) is 3.42. The molecule has 0 radical (unpaired) electrons. The summed E-state index contributed by atoms with van der Waals surface area (Å²) in [7, 11) is 1.49. The van der Waals surface area contributed by atoms with Crippen molar-refractivity contribution in [1.82, 2.24) is 0 Å². The van der Waals surface area contributed by atoms with Gasteiger partial charge in [0.25, 0.3) is 0 Å². The minimum atomic E-state index is 1.05. The van der Waals surface area contributed by atoms with Crippen LogP contribution in [-0.4, -0.2) is 7.11 Å². The largest absolute Gasteiger partial charge is 0.227 e. The highest BCUT2D eigenvalue weighted by Crippen LogP contribution is 2.19. The van der Waals surface area contributed by atoms with Crippen molar-refractivity contribution in [3.8, 4) is 0 Å². The molecule has 0 fully saturated rings. The average Bonchev–Trinajstić information content (AvgIpc) is 2.01. The predicted octanol–water partition coefficient (Wildman–Crippen LogP) is 2.58. The maximum atomic E-state index is 4.69. The van der Waals surface area contributed by atoms with Gasteiger partial charge in [-0.05, 0) is 24.6 Å². The van der Waals surface area contributed by atoms with Gasteiger partial charge in [-0.15, -0.1) is 0 Å². The van der Waals surface area contributed by atoms with Crippen LogP contribution >= 0.6 is 12.0 Å². The standard InChI is InChI=1S/C8H10O2S/c1-7-4-3-5-8(6-7)11-10-9-2/h3-6H,1-2H3. The van der Waals surface area contributed by atoms with Gasteiger partial charge in [-0.25, -0.2) is 4.89 Å². The molecule has 2 nitrogen and oxygen atoms in total. The molecule has 0 atom stereocenters. The molecule has 1 aromatic rings. The minimum absolute atomic E-state index is 1.05. The summed E-state index contributed by atoms with van der Waals surface area (Å²) in [6, 6.07) is 8.02. The van der Waals surface area contributed by atoms with Crippen molar-refractivity contribution >= 4 is 12.0 Å². The van der Waals surface area contributed by atoms with E-state index in [1.165, 1.54) is 24.7 Å². The molecule has 11 heavy (non-hydrogen) atoms. The molecule has 1 aromatic carbocycles. The number of benzene rings is 1. The third kappa shape index (κ3) is 2.93. The third-order valence-corrected chi connectivity index (χ3v) is 1.84. The predicted molar refractivity (Wildman–Crippen MR) is 45.1 cm³/mol. The summed E-state index contributed by atoms with van der Waals surface area (Å²) >= 11 is 1.21. The van der Waals surface area contributed by atoms with Gasteiger partial charge in [-0.3, -0.25) is 0 Å². The summed E-state index contributed by atoms with van der Waals surface area (Å²) < 4.78 is 4.69. The zero-order chi connectivity index (χ0) is 8.10. The van der Waals surface area contributed by atoms with Crippen molar-refractivity contribution in [3.63, 3.8) is 0 Å². The highest BCUT2D eigenvalue weighted by Gasteiger charge is 1.93. The van der Waals surface area contributed by atoms with Gasteiger partial charge in [-0.2, -0.15) is 4.33 Å². The normalized spacial score (nSPS) is 10.0. The molecule has 0 heterocycles. The average molecular weight is 170 g/mol. The van der Waals surface area contributed by atoms with E-state index in [0.717, 1.165) is 4.90 Å². The molecular formula is C8H10O2S. The van der Waals surface area contributed by atoms with Gasteiger partial charge in [0.2, 0.25) is 0 Å². The van der Waals surface area contributed by atoms with Crippen LogP contribution in [0.25, 0.3) is 0 Å². The quantitative estimate of drug-likeness (QED) is 0.394. The summed E-state index contributed by atoms with van der Waals surface area (Å²) in [6.07, 6.45) is 0. The van der Waals surface area contributed by atoms with E-state index >= 15 is 0 Å². The van der Waals surface area contributed by atoms with Gasteiger partial charge in [0.1, 0.15) is 0 Å². The molecule has 0 saturated carbocycles. The monoisotopic (exact) mass is 170 g/mol. The second-order valence-electron chi connectivity index (χ2n) is 2.13. The molecular weight excluding hydrogens is 160 g/mol. The molecule has 0 aromatic heterocycles. The zero-order valence-corrected chi connectivity index (χ0v) is 7.35. The van der Waals surface area contributed by atoms with Gasteiger partial charge in [0, 0.05) is 4.90 Å². The van der Waals surface area contributed by atoms with Crippen LogP contribution in [0.4, 0.5) is 0 Å². The van der Waals surface area contributed by atoms with Crippen LogP contribution in [0.15, 0.2) is 29.2 Å². The van der Waals surface area contributed by atoms with E-state index in [-0.39, 0.29) is 0 Å². The van der Waals surface area contributed by atoms with Gasteiger partial charge in [0.15, 0.2) is 0 Å². The molecule has 0 aliphatic rings. The Morgan fingerprint density at radius 3 is 2.82 bits per heavy atom. The molecule has 1 rings (SSSR count). The van der Waals surface area contributed by atoms with Crippen LogP contribution in [0, 0.1) is 6.92 Å². The van der Waals surface area contributed by atoms with E-state index in [9.17, 15) is 0 Å². The Morgan fingerprint density at radius 2 is 2.18 bits per heavy atom. The van der Waals surface area contributed by atoms with E-state index in [2.05, 4.69) is 4.89 Å².